The third-order valence-electron chi connectivity index (χ3n) is 1.71. The van der Waals surface area contributed by atoms with E-state index in [4.69, 9.17) is 0 Å². The Labute approximate surface area is 70.4 Å². The number of aromatic hydroxyl groups is 1. The van der Waals surface area contributed by atoms with Gasteiger partial charge < -0.3 is 5.11 Å². The molecule has 0 bridgehead atoms. The number of quaternary nitrogens is 1. The number of nitrogens with zero attached hydrogens (tertiary/aromatic N) is 1. The molecule has 1 aromatic rings. The van der Waals surface area contributed by atoms with Crippen LogP contribution in [0.5, 0.6) is 5.75 Å². The molecule has 66 valence electrons. The van der Waals surface area contributed by atoms with Gasteiger partial charge in [0, 0.05) is 6.07 Å². The van der Waals surface area contributed by atoms with Crippen molar-refractivity contribution < 1.29 is 15.5 Å². The lowest BCUT2D eigenvalue weighted by atomic mass is 10.3. The normalized spacial score (nSPS) is 11.6. The van der Waals surface area contributed by atoms with Gasteiger partial charge in [-0.2, -0.15) is 10.4 Å². The fourth-order valence-electron chi connectivity index (χ4n) is 0.937. The Bertz CT molecular complexity index is 273. The van der Waals surface area contributed by atoms with Crippen molar-refractivity contribution in [1.82, 2.24) is 4.81 Å². The van der Waals surface area contributed by atoms with E-state index in [9.17, 15) is 15.5 Å². The molecule has 0 radical (unpaired) electrons. The molecule has 3 N–H and O–H groups in total. The number of hydrogen-bond donors (Lipinski definition) is 3. The summed E-state index contributed by atoms with van der Waals surface area (Å²) in [4.78, 5) is -1.29. The highest BCUT2D eigenvalue weighted by atomic mass is 16.8. The van der Waals surface area contributed by atoms with Crippen LogP contribution in [-0.4, -0.2) is 22.1 Å². The zero-order valence-electron chi connectivity index (χ0n) is 6.81. The second-order valence-electron chi connectivity index (χ2n) is 2.54. The van der Waals surface area contributed by atoms with Gasteiger partial charge in [0.05, 0.1) is 0 Å². The van der Waals surface area contributed by atoms with Crippen molar-refractivity contribution in [3.63, 3.8) is 0 Å². The highest BCUT2D eigenvalue weighted by molar-refractivity contribution is 5.51. The maximum Gasteiger partial charge on any atom is 0.240 e. The van der Waals surface area contributed by atoms with Crippen molar-refractivity contribution in [1.29, 1.82) is 0 Å². The molecule has 0 aromatic heterocycles. The first-order valence-electron chi connectivity index (χ1n) is 3.70. The molecule has 0 atom stereocenters. The number of rotatable bonds is 2. The Morgan fingerprint density at radius 3 is 2.33 bits per heavy atom. The van der Waals surface area contributed by atoms with E-state index >= 15 is 0 Å². The standard InChI is InChI=1S/C8H11NO3/c1-2-9(11,12)7-5-3-4-6-8(7)10/h3-6,11-12H,2H2,1H3/p+1. The van der Waals surface area contributed by atoms with Crippen LogP contribution in [0.2, 0.25) is 0 Å². The first kappa shape index (κ1) is 8.99. The van der Waals surface area contributed by atoms with Gasteiger partial charge in [-0.15, -0.1) is 0 Å². The molecule has 0 saturated heterocycles. The van der Waals surface area contributed by atoms with Crippen LogP contribution < -0.4 is 4.81 Å². The molecule has 1 rings (SSSR count). The average molecular weight is 170 g/mol. The van der Waals surface area contributed by atoms with Crippen molar-refractivity contribution in [2.24, 2.45) is 0 Å². The second-order valence-corrected chi connectivity index (χ2v) is 2.54. The summed E-state index contributed by atoms with van der Waals surface area (Å²) in [5.41, 5.74) is 0.0833. The highest BCUT2D eigenvalue weighted by Crippen LogP contribution is 2.28. The molecular formula is C8H12NO3+. The first-order valence-corrected chi connectivity index (χ1v) is 3.70. The van der Waals surface area contributed by atoms with Crippen LogP contribution in [0.4, 0.5) is 5.69 Å². The highest BCUT2D eigenvalue weighted by Gasteiger charge is 2.27. The van der Waals surface area contributed by atoms with E-state index in [1.54, 1.807) is 19.1 Å². The van der Waals surface area contributed by atoms with Crippen molar-refractivity contribution in [2.45, 2.75) is 6.92 Å². The van der Waals surface area contributed by atoms with E-state index < -0.39 is 4.81 Å². The van der Waals surface area contributed by atoms with Crippen LogP contribution in [0, 0.1) is 0 Å². The molecule has 0 unspecified atom stereocenters. The fourth-order valence-corrected chi connectivity index (χ4v) is 0.937. The lowest BCUT2D eigenvalue weighted by Gasteiger charge is -2.18. The summed E-state index contributed by atoms with van der Waals surface area (Å²) in [5, 5.41) is 27.9. The van der Waals surface area contributed by atoms with Gasteiger partial charge in [-0.05, 0) is 17.8 Å². The molecule has 0 spiro atoms. The largest absolute Gasteiger partial charge is 0.503 e. The predicted molar refractivity (Wildman–Crippen MR) is 44.0 cm³/mol. The van der Waals surface area contributed by atoms with Gasteiger partial charge in [-0.3, -0.25) is 0 Å². The Kier molecular flexibility index (Phi) is 2.32. The molecule has 0 aliphatic heterocycles. The van der Waals surface area contributed by atoms with Gasteiger partial charge >= 0.3 is 0 Å². The maximum atomic E-state index is 9.31. The molecule has 0 aliphatic carbocycles. The quantitative estimate of drug-likeness (QED) is 0.465. The second kappa shape index (κ2) is 3.10. The summed E-state index contributed by atoms with van der Waals surface area (Å²) in [5.74, 6) is -0.121. The summed E-state index contributed by atoms with van der Waals surface area (Å²) in [6.45, 7) is 1.68. The van der Waals surface area contributed by atoms with E-state index in [0.29, 0.717) is 0 Å². The molecule has 0 aliphatic rings. The van der Waals surface area contributed by atoms with Crippen LogP contribution >= 0.6 is 0 Å². The van der Waals surface area contributed by atoms with Crippen molar-refractivity contribution in [2.75, 3.05) is 6.54 Å². The van der Waals surface area contributed by atoms with Gasteiger partial charge in [-0.1, -0.05) is 12.1 Å². The summed E-state index contributed by atoms with van der Waals surface area (Å²) in [7, 11) is 0. The fraction of sp³-hybridized carbons (Fsp3) is 0.250. The van der Waals surface area contributed by atoms with Gasteiger partial charge in [-0.25, -0.2) is 0 Å². The van der Waals surface area contributed by atoms with E-state index in [0.717, 1.165) is 0 Å². The average Bonchev–Trinajstić information content (AvgIpc) is 2.05. The Hall–Kier alpha value is -1.10. The van der Waals surface area contributed by atoms with Crippen LogP contribution in [0.3, 0.4) is 0 Å². The number of phenolic OH excluding ortho intramolecular Hbond substituents is 1. The SMILES string of the molecule is CC[N+](O)(O)c1ccccc1O. The smallest absolute Gasteiger partial charge is 0.240 e. The third kappa shape index (κ3) is 1.55. The van der Waals surface area contributed by atoms with Crippen LogP contribution in [0.15, 0.2) is 24.3 Å². The Morgan fingerprint density at radius 1 is 1.25 bits per heavy atom. The topological polar surface area (TPSA) is 60.7 Å². The third-order valence-corrected chi connectivity index (χ3v) is 1.71. The summed E-state index contributed by atoms with van der Waals surface area (Å²) >= 11 is 0. The Balaban J connectivity index is 3.10. The number of phenols is 1. The van der Waals surface area contributed by atoms with Gasteiger partial charge in [0.15, 0.2) is 5.75 Å². The minimum absolute atomic E-state index is 0.0809. The summed E-state index contributed by atoms with van der Waals surface area (Å²) in [6.07, 6.45) is 0. The van der Waals surface area contributed by atoms with Crippen molar-refractivity contribution >= 4 is 5.69 Å². The Morgan fingerprint density at radius 2 is 1.83 bits per heavy atom. The minimum Gasteiger partial charge on any atom is -0.503 e. The van der Waals surface area contributed by atoms with E-state index in [1.165, 1.54) is 12.1 Å². The van der Waals surface area contributed by atoms with E-state index in [-0.39, 0.29) is 18.0 Å². The molecule has 1 aromatic carbocycles. The van der Waals surface area contributed by atoms with E-state index in [2.05, 4.69) is 0 Å². The molecule has 0 heterocycles. The maximum absolute atomic E-state index is 9.31. The number of hydroxylamine groups is 2. The zero-order valence-corrected chi connectivity index (χ0v) is 6.81. The minimum atomic E-state index is -1.29. The zero-order chi connectivity index (χ0) is 9.19. The molecular weight excluding hydrogens is 158 g/mol. The van der Waals surface area contributed by atoms with E-state index in [1.807, 2.05) is 0 Å². The molecule has 0 amide bonds. The van der Waals surface area contributed by atoms with Crippen molar-refractivity contribution in [3.05, 3.63) is 24.3 Å². The summed E-state index contributed by atoms with van der Waals surface area (Å²) in [6, 6.07) is 6.11. The van der Waals surface area contributed by atoms with Gasteiger partial charge in [0.1, 0.15) is 6.54 Å². The molecule has 12 heavy (non-hydrogen) atoms. The molecule has 4 heteroatoms. The van der Waals surface area contributed by atoms with Gasteiger partial charge in [0.2, 0.25) is 5.69 Å². The number of hydrogen-bond acceptors (Lipinski definition) is 3. The van der Waals surface area contributed by atoms with Crippen LogP contribution in [0.1, 0.15) is 6.92 Å². The number of benzene rings is 1. The number of para-hydroxylation sites is 2. The lowest BCUT2D eigenvalue weighted by Crippen LogP contribution is -2.41. The molecule has 4 nitrogen and oxygen atoms in total. The lowest BCUT2D eigenvalue weighted by molar-refractivity contribution is -0.288. The van der Waals surface area contributed by atoms with Crippen LogP contribution in [-0.2, 0) is 0 Å². The first-order chi connectivity index (χ1) is 5.58. The predicted octanol–water partition coefficient (Wildman–Crippen LogP) is 1.50. The van der Waals surface area contributed by atoms with Gasteiger partial charge in [0.25, 0.3) is 0 Å². The molecule has 0 saturated carbocycles. The monoisotopic (exact) mass is 170 g/mol. The molecule has 0 fully saturated rings. The van der Waals surface area contributed by atoms with Crippen molar-refractivity contribution in [3.8, 4) is 5.75 Å². The van der Waals surface area contributed by atoms with Crippen LogP contribution in [0.25, 0.3) is 0 Å². The summed E-state index contributed by atoms with van der Waals surface area (Å²) < 4.78 is 0.